The molecule has 1 saturated heterocycles. The van der Waals surface area contributed by atoms with E-state index < -0.39 is 9.84 Å². The molecule has 6 heteroatoms. The van der Waals surface area contributed by atoms with Crippen molar-refractivity contribution in [2.45, 2.75) is 37.1 Å². The summed E-state index contributed by atoms with van der Waals surface area (Å²) in [7, 11) is -3.29. The summed E-state index contributed by atoms with van der Waals surface area (Å²) in [6.07, 6.45) is 3.64. The molecule has 1 aliphatic carbocycles. The fourth-order valence-electron chi connectivity index (χ4n) is 3.05. The van der Waals surface area contributed by atoms with Crippen LogP contribution < -0.4 is 5.32 Å². The highest BCUT2D eigenvalue weighted by atomic mass is 32.2. The molecule has 0 unspecified atom stereocenters. The molecule has 3 rings (SSSR count). The molecule has 126 valence electrons. The normalized spacial score (nSPS) is 22.2. The van der Waals surface area contributed by atoms with Gasteiger partial charge >= 0.3 is 0 Å². The molecule has 0 radical (unpaired) electrons. The Morgan fingerprint density at radius 2 is 2.09 bits per heavy atom. The topological polar surface area (TPSA) is 66.5 Å². The number of nitrogens with zero attached hydrogens (tertiary/aromatic N) is 1. The highest BCUT2D eigenvalue weighted by molar-refractivity contribution is 7.91. The van der Waals surface area contributed by atoms with Gasteiger partial charge in [0.1, 0.15) is 0 Å². The van der Waals surface area contributed by atoms with Gasteiger partial charge in [0.05, 0.1) is 10.6 Å². The van der Waals surface area contributed by atoms with Gasteiger partial charge in [0.25, 0.3) is 5.91 Å². The first-order valence-electron chi connectivity index (χ1n) is 8.34. The average Bonchev–Trinajstić information content (AvgIpc) is 3.26. The van der Waals surface area contributed by atoms with Crippen molar-refractivity contribution in [3.05, 3.63) is 29.8 Å². The maximum atomic E-state index is 12.4. The zero-order valence-corrected chi connectivity index (χ0v) is 14.3. The van der Waals surface area contributed by atoms with Crippen LogP contribution in [0.2, 0.25) is 0 Å². The van der Waals surface area contributed by atoms with Gasteiger partial charge in [-0.2, -0.15) is 0 Å². The van der Waals surface area contributed by atoms with Crippen molar-refractivity contribution in [2.24, 2.45) is 5.92 Å². The van der Waals surface area contributed by atoms with Gasteiger partial charge in [0.2, 0.25) is 0 Å². The minimum absolute atomic E-state index is 0.0385. The number of sulfone groups is 1. The number of carbonyl (C=O) groups excluding carboxylic acids is 1. The smallest absolute Gasteiger partial charge is 0.251 e. The Morgan fingerprint density at radius 1 is 1.30 bits per heavy atom. The van der Waals surface area contributed by atoms with Crippen LogP contribution >= 0.6 is 0 Å². The molecule has 23 heavy (non-hydrogen) atoms. The Kier molecular flexibility index (Phi) is 4.73. The van der Waals surface area contributed by atoms with Crippen molar-refractivity contribution < 1.29 is 13.2 Å². The summed E-state index contributed by atoms with van der Waals surface area (Å²) in [6.45, 7) is 4.69. The van der Waals surface area contributed by atoms with E-state index in [-0.39, 0.29) is 22.6 Å². The molecule has 1 aliphatic heterocycles. The van der Waals surface area contributed by atoms with E-state index in [0.717, 1.165) is 32.0 Å². The highest BCUT2D eigenvalue weighted by Gasteiger charge is 2.30. The molecular formula is C17H24N2O3S. The van der Waals surface area contributed by atoms with E-state index in [9.17, 15) is 13.2 Å². The van der Waals surface area contributed by atoms with Crippen LogP contribution in [0.3, 0.4) is 0 Å². The van der Waals surface area contributed by atoms with Gasteiger partial charge in [-0.25, -0.2) is 8.42 Å². The highest BCUT2D eigenvalue weighted by Crippen LogP contribution is 2.30. The van der Waals surface area contributed by atoms with Gasteiger partial charge in [0.15, 0.2) is 9.84 Å². The van der Waals surface area contributed by atoms with Crippen molar-refractivity contribution >= 4 is 15.7 Å². The molecule has 1 atom stereocenters. The third-order valence-electron chi connectivity index (χ3n) is 4.66. The molecule has 0 aromatic heterocycles. The second-order valence-electron chi connectivity index (χ2n) is 6.59. The Morgan fingerprint density at radius 3 is 2.78 bits per heavy atom. The van der Waals surface area contributed by atoms with Crippen molar-refractivity contribution in [1.29, 1.82) is 0 Å². The standard InChI is InChI=1S/C17H24N2O3S/c1-2-23(21,22)16-5-3-4-14(10-16)17(20)18-15-8-9-19(12-15)11-13-6-7-13/h3-5,10,13,15H,2,6-9,11-12H2,1H3,(H,18,20)/t15-/m1/s1. The quantitative estimate of drug-likeness (QED) is 0.858. The number of amides is 1. The van der Waals surface area contributed by atoms with E-state index in [0.29, 0.717) is 5.56 Å². The summed E-state index contributed by atoms with van der Waals surface area (Å²) >= 11 is 0. The minimum atomic E-state index is -3.29. The molecule has 1 N–H and O–H groups in total. The van der Waals surface area contributed by atoms with Crippen molar-refractivity contribution in [2.75, 3.05) is 25.4 Å². The van der Waals surface area contributed by atoms with E-state index >= 15 is 0 Å². The first kappa shape index (κ1) is 16.5. The number of hydrogen-bond donors (Lipinski definition) is 1. The molecule has 5 nitrogen and oxygen atoms in total. The largest absolute Gasteiger partial charge is 0.348 e. The van der Waals surface area contributed by atoms with Crippen LogP contribution in [-0.4, -0.2) is 50.7 Å². The number of nitrogens with one attached hydrogen (secondary N) is 1. The third-order valence-corrected chi connectivity index (χ3v) is 6.39. The Labute approximate surface area is 138 Å². The molecule has 0 bridgehead atoms. The SMILES string of the molecule is CCS(=O)(=O)c1cccc(C(=O)N[C@@H]2CCN(CC3CC3)C2)c1. The Hall–Kier alpha value is -1.40. The maximum Gasteiger partial charge on any atom is 0.251 e. The van der Waals surface area contributed by atoms with Crippen LogP contribution in [0, 0.1) is 5.92 Å². The van der Waals surface area contributed by atoms with E-state index in [4.69, 9.17) is 0 Å². The van der Waals surface area contributed by atoms with Crippen molar-refractivity contribution in [3.8, 4) is 0 Å². The van der Waals surface area contributed by atoms with E-state index in [1.54, 1.807) is 25.1 Å². The predicted molar refractivity (Wildman–Crippen MR) is 89.2 cm³/mol. The molecule has 1 aromatic rings. The van der Waals surface area contributed by atoms with Crippen LogP contribution in [0.5, 0.6) is 0 Å². The van der Waals surface area contributed by atoms with Crippen LogP contribution in [-0.2, 0) is 9.84 Å². The summed E-state index contributed by atoms with van der Waals surface area (Å²) in [4.78, 5) is 15.0. The van der Waals surface area contributed by atoms with E-state index in [1.807, 2.05) is 0 Å². The summed E-state index contributed by atoms with van der Waals surface area (Å²) in [5.74, 6) is 0.716. The molecule has 1 saturated carbocycles. The lowest BCUT2D eigenvalue weighted by Gasteiger charge is -2.16. The molecular weight excluding hydrogens is 312 g/mol. The first-order valence-corrected chi connectivity index (χ1v) is 9.99. The molecule has 1 aromatic carbocycles. The number of likely N-dealkylation sites (tertiary alicyclic amines) is 1. The Bertz CT molecular complexity index is 683. The number of hydrogen-bond acceptors (Lipinski definition) is 4. The monoisotopic (exact) mass is 336 g/mol. The molecule has 1 heterocycles. The fraction of sp³-hybridized carbons (Fsp3) is 0.588. The lowest BCUT2D eigenvalue weighted by molar-refractivity contribution is 0.0937. The number of benzene rings is 1. The van der Waals surface area contributed by atoms with Crippen LogP contribution in [0.15, 0.2) is 29.2 Å². The Balaban J connectivity index is 1.61. The molecule has 2 aliphatic rings. The maximum absolute atomic E-state index is 12.4. The van der Waals surface area contributed by atoms with Crippen LogP contribution in [0.25, 0.3) is 0 Å². The second kappa shape index (κ2) is 6.61. The van der Waals surface area contributed by atoms with E-state index in [1.165, 1.54) is 18.9 Å². The number of carbonyl (C=O) groups is 1. The zero-order valence-electron chi connectivity index (χ0n) is 13.5. The van der Waals surface area contributed by atoms with Gasteiger partial charge in [-0.1, -0.05) is 13.0 Å². The zero-order chi connectivity index (χ0) is 16.4. The molecule has 0 spiro atoms. The average molecular weight is 336 g/mol. The summed E-state index contributed by atoms with van der Waals surface area (Å²) in [6, 6.07) is 6.48. The second-order valence-corrected chi connectivity index (χ2v) is 8.87. The summed E-state index contributed by atoms with van der Waals surface area (Å²) in [5, 5.41) is 3.04. The lowest BCUT2D eigenvalue weighted by Crippen LogP contribution is -2.37. The van der Waals surface area contributed by atoms with Gasteiger partial charge in [-0.3, -0.25) is 4.79 Å². The molecule has 2 fully saturated rings. The van der Waals surface area contributed by atoms with Crippen LogP contribution in [0.1, 0.15) is 36.5 Å². The minimum Gasteiger partial charge on any atom is -0.348 e. The van der Waals surface area contributed by atoms with Gasteiger partial charge in [-0.15, -0.1) is 0 Å². The first-order chi connectivity index (χ1) is 11.0. The van der Waals surface area contributed by atoms with Crippen molar-refractivity contribution in [1.82, 2.24) is 10.2 Å². The summed E-state index contributed by atoms with van der Waals surface area (Å²) < 4.78 is 23.9. The predicted octanol–water partition coefficient (Wildman–Crippen LogP) is 1.69. The van der Waals surface area contributed by atoms with Gasteiger partial charge in [-0.05, 0) is 43.4 Å². The summed E-state index contributed by atoms with van der Waals surface area (Å²) in [5.41, 5.74) is 0.417. The van der Waals surface area contributed by atoms with Crippen LogP contribution in [0.4, 0.5) is 0 Å². The number of rotatable bonds is 6. The van der Waals surface area contributed by atoms with Crippen molar-refractivity contribution in [3.63, 3.8) is 0 Å². The fourth-order valence-corrected chi connectivity index (χ4v) is 3.97. The van der Waals surface area contributed by atoms with Gasteiger partial charge < -0.3 is 10.2 Å². The van der Waals surface area contributed by atoms with Gasteiger partial charge in [0, 0.05) is 31.2 Å². The lowest BCUT2D eigenvalue weighted by atomic mass is 10.2. The molecule has 1 amide bonds. The third kappa shape index (κ3) is 4.12. The van der Waals surface area contributed by atoms with E-state index in [2.05, 4.69) is 10.2 Å².